The molecule has 1 saturated heterocycles. The number of ether oxygens (including phenoxy) is 2. The Hall–Kier alpha value is -3.81. The minimum absolute atomic E-state index is 0.00912. The molecule has 1 unspecified atom stereocenters. The first-order chi connectivity index (χ1) is 16.7. The number of carbonyl (C=O) groups excluding carboxylic acids is 2. The van der Waals surface area contributed by atoms with Crippen LogP contribution in [0, 0.1) is 11.7 Å². The van der Waals surface area contributed by atoms with Gasteiger partial charge in [-0.25, -0.2) is 9.18 Å². The van der Waals surface area contributed by atoms with Crippen molar-refractivity contribution >= 4 is 11.9 Å². The number of amides is 1. The van der Waals surface area contributed by atoms with E-state index in [4.69, 9.17) is 9.47 Å². The SMILES string of the molecule is COC(=O)c1cc(Oc2ccc(-c3ccc(C(C)C)nn3)cc2)c(CN2CC(C)CC2=O)cc1F. The molecule has 4 rings (SSSR count). The quantitative estimate of drug-likeness (QED) is 0.427. The lowest BCUT2D eigenvalue weighted by Crippen LogP contribution is -2.25. The second-order valence-electron chi connectivity index (χ2n) is 9.14. The minimum Gasteiger partial charge on any atom is -0.465 e. The number of esters is 1. The molecule has 35 heavy (non-hydrogen) atoms. The summed E-state index contributed by atoms with van der Waals surface area (Å²) in [5.41, 5.74) is 2.76. The van der Waals surface area contributed by atoms with E-state index in [-0.39, 0.29) is 29.7 Å². The summed E-state index contributed by atoms with van der Waals surface area (Å²) in [4.78, 5) is 26.0. The Morgan fingerprint density at radius 1 is 1.14 bits per heavy atom. The molecule has 1 amide bonds. The highest BCUT2D eigenvalue weighted by atomic mass is 19.1. The van der Waals surface area contributed by atoms with Crippen LogP contribution in [0.5, 0.6) is 11.5 Å². The summed E-state index contributed by atoms with van der Waals surface area (Å²) < 4.78 is 25.5. The molecular formula is C27H28FN3O4. The molecule has 0 spiro atoms. The summed E-state index contributed by atoms with van der Waals surface area (Å²) in [7, 11) is 1.19. The van der Waals surface area contributed by atoms with Gasteiger partial charge in [0.25, 0.3) is 0 Å². The number of benzene rings is 2. The largest absolute Gasteiger partial charge is 0.465 e. The van der Waals surface area contributed by atoms with Crippen molar-refractivity contribution in [2.75, 3.05) is 13.7 Å². The molecule has 1 aliphatic rings. The predicted octanol–water partition coefficient (Wildman–Crippen LogP) is 5.35. The van der Waals surface area contributed by atoms with Crippen LogP contribution in [0.1, 0.15) is 54.7 Å². The predicted molar refractivity (Wildman–Crippen MR) is 129 cm³/mol. The van der Waals surface area contributed by atoms with Gasteiger partial charge in [0.2, 0.25) is 5.91 Å². The first-order valence-corrected chi connectivity index (χ1v) is 11.6. The molecule has 8 heteroatoms. The van der Waals surface area contributed by atoms with Gasteiger partial charge in [-0.15, -0.1) is 0 Å². The van der Waals surface area contributed by atoms with Gasteiger partial charge in [0.1, 0.15) is 17.3 Å². The molecule has 1 fully saturated rings. The topological polar surface area (TPSA) is 81.6 Å². The highest BCUT2D eigenvalue weighted by molar-refractivity contribution is 5.90. The third-order valence-corrected chi connectivity index (χ3v) is 5.98. The molecule has 1 aromatic heterocycles. The summed E-state index contributed by atoms with van der Waals surface area (Å²) >= 11 is 0. The Labute approximate surface area is 203 Å². The van der Waals surface area contributed by atoms with Crippen LogP contribution in [0.4, 0.5) is 4.39 Å². The van der Waals surface area contributed by atoms with Gasteiger partial charge in [0.15, 0.2) is 0 Å². The molecular weight excluding hydrogens is 449 g/mol. The summed E-state index contributed by atoms with van der Waals surface area (Å²) in [6.07, 6.45) is 0.460. The Balaban J connectivity index is 1.61. The number of hydrogen-bond donors (Lipinski definition) is 0. The molecule has 0 N–H and O–H groups in total. The Morgan fingerprint density at radius 2 is 1.89 bits per heavy atom. The molecule has 182 valence electrons. The smallest absolute Gasteiger partial charge is 0.340 e. The molecule has 0 saturated carbocycles. The van der Waals surface area contributed by atoms with Crippen LogP contribution in [0.15, 0.2) is 48.5 Å². The van der Waals surface area contributed by atoms with Gasteiger partial charge in [0.05, 0.1) is 24.1 Å². The normalized spacial score (nSPS) is 15.5. The fraction of sp³-hybridized carbons (Fsp3) is 0.333. The highest BCUT2D eigenvalue weighted by Crippen LogP contribution is 2.32. The van der Waals surface area contributed by atoms with Gasteiger partial charge < -0.3 is 14.4 Å². The first-order valence-electron chi connectivity index (χ1n) is 11.6. The van der Waals surface area contributed by atoms with Gasteiger partial charge in [-0.3, -0.25) is 4.79 Å². The van der Waals surface area contributed by atoms with Crippen molar-refractivity contribution in [3.63, 3.8) is 0 Å². The van der Waals surface area contributed by atoms with Crippen molar-refractivity contribution < 1.29 is 23.5 Å². The molecule has 0 bridgehead atoms. The summed E-state index contributed by atoms with van der Waals surface area (Å²) in [5.74, 6) is -0.211. The fourth-order valence-corrected chi connectivity index (χ4v) is 4.03. The summed E-state index contributed by atoms with van der Waals surface area (Å²) in [5, 5.41) is 8.56. The standard InChI is InChI=1S/C27H28FN3O4/c1-16(2)23-9-10-24(30-29-23)18-5-7-20(8-6-18)35-25-13-21(27(33)34-4)22(28)12-19(25)15-31-14-17(3)11-26(31)32/h5-10,12-13,16-17H,11,14-15H2,1-4H3. The maximum absolute atomic E-state index is 14.7. The second kappa shape index (κ2) is 10.2. The van der Waals surface area contributed by atoms with Crippen molar-refractivity contribution in [1.82, 2.24) is 15.1 Å². The summed E-state index contributed by atoms with van der Waals surface area (Å²) in [6, 6.07) is 13.7. The van der Waals surface area contributed by atoms with E-state index in [0.717, 1.165) is 17.0 Å². The van der Waals surface area contributed by atoms with E-state index >= 15 is 0 Å². The average molecular weight is 478 g/mol. The Morgan fingerprint density at radius 3 is 2.46 bits per heavy atom. The monoisotopic (exact) mass is 477 g/mol. The van der Waals surface area contributed by atoms with E-state index in [1.165, 1.54) is 19.2 Å². The van der Waals surface area contributed by atoms with E-state index in [1.54, 1.807) is 17.0 Å². The number of hydrogen-bond acceptors (Lipinski definition) is 6. The molecule has 1 atom stereocenters. The van der Waals surface area contributed by atoms with Crippen molar-refractivity contribution in [3.8, 4) is 22.8 Å². The van der Waals surface area contributed by atoms with Crippen molar-refractivity contribution in [2.45, 2.75) is 39.7 Å². The number of nitrogens with zero attached hydrogens (tertiary/aromatic N) is 3. The Kier molecular flexibility index (Phi) is 7.10. The number of carbonyl (C=O) groups is 2. The third kappa shape index (κ3) is 5.48. The Bertz CT molecular complexity index is 1230. The number of rotatable bonds is 7. The minimum atomic E-state index is -0.802. The molecule has 1 aliphatic heterocycles. The van der Waals surface area contributed by atoms with Crippen LogP contribution in [0.3, 0.4) is 0 Å². The van der Waals surface area contributed by atoms with E-state index in [0.29, 0.717) is 30.2 Å². The molecule has 7 nitrogen and oxygen atoms in total. The van der Waals surface area contributed by atoms with Gasteiger partial charge in [-0.05, 0) is 60.4 Å². The maximum atomic E-state index is 14.7. The number of likely N-dealkylation sites (tertiary alicyclic amines) is 1. The molecule has 2 aromatic carbocycles. The van der Waals surface area contributed by atoms with Crippen LogP contribution in [-0.2, 0) is 16.1 Å². The van der Waals surface area contributed by atoms with Gasteiger partial charge in [0, 0.05) is 30.6 Å². The molecule has 3 aromatic rings. The average Bonchev–Trinajstić information content (AvgIpc) is 3.17. The van der Waals surface area contributed by atoms with Crippen LogP contribution >= 0.6 is 0 Å². The second-order valence-corrected chi connectivity index (χ2v) is 9.14. The van der Waals surface area contributed by atoms with Crippen LogP contribution < -0.4 is 4.74 Å². The van der Waals surface area contributed by atoms with Crippen molar-refractivity contribution in [1.29, 1.82) is 0 Å². The van der Waals surface area contributed by atoms with Crippen LogP contribution in [-0.4, -0.2) is 40.6 Å². The highest BCUT2D eigenvalue weighted by Gasteiger charge is 2.28. The van der Waals surface area contributed by atoms with Crippen molar-refractivity contribution in [2.24, 2.45) is 5.92 Å². The lowest BCUT2D eigenvalue weighted by atomic mass is 10.1. The number of methoxy groups -OCH3 is 1. The van der Waals surface area contributed by atoms with E-state index in [2.05, 4.69) is 24.0 Å². The lowest BCUT2D eigenvalue weighted by molar-refractivity contribution is -0.128. The van der Waals surface area contributed by atoms with E-state index in [9.17, 15) is 14.0 Å². The third-order valence-electron chi connectivity index (χ3n) is 5.98. The van der Waals surface area contributed by atoms with E-state index < -0.39 is 11.8 Å². The number of aromatic nitrogens is 2. The zero-order valence-electron chi connectivity index (χ0n) is 20.2. The van der Waals surface area contributed by atoms with Gasteiger partial charge >= 0.3 is 5.97 Å². The maximum Gasteiger partial charge on any atom is 0.340 e. The van der Waals surface area contributed by atoms with Crippen LogP contribution in [0.25, 0.3) is 11.3 Å². The first kappa shape index (κ1) is 24.3. The zero-order chi connectivity index (χ0) is 25.1. The fourth-order valence-electron chi connectivity index (χ4n) is 4.03. The van der Waals surface area contributed by atoms with E-state index in [1.807, 2.05) is 31.2 Å². The lowest BCUT2D eigenvalue weighted by Gasteiger charge is -2.20. The molecule has 0 aliphatic carbocycles. The number of halogens is 1. The van der Waals surface area contributed by atoms with Gasteiger partial charge in [-0.2, -0.15) is 10.2 Å². The molecule has 0 radical (unpaired) electrons. The summed E-state index contributed by atoms with van der Waals surface area (Å²) in [6.45, 7) is 6.89. The van der Waals surface area contributed by atoms with Gasteiger partial charge in [-0.1, -0.05) is 20.8 Å². The van der Waals surface area contributed by atoms with Crippen molar-refractivity contribution in [3.05, 3.63) is 71.2 Å². The molecule has 2 heterocycles. The zero-order valence-corrected chi connectivity index (χ0v) is 20.2. The van der Waals surface area contributed by atoms with Crippen LogP contribution in [0.2, 0.25) is 0 Å².